The maximum atomic E-state index is 12.7. The number of hydrogen-bond acceptors (Lipinski definition) is 3. The van der Waals surface area contributed by atoms with Crippen LogP contribution < -0.4 is 15.4 Å². The molecule has 0 saturated heterocycles. The highest BCUT2D eigenvalue weighted by atomic mass is 35.5. The van der Waals surface area contributed by atoms with Gasteiger partial charge in [-0.3, -0.25) is 9.59 Å². The van der Waals surface area contributed by atoms with E-state index in [1.165, 1.54) is 0 Å². The number of amides is 2. The fraction of sp³-hybridized carbons (Fsp3) is 0.143. The molecule has 1 atom stereocenters. The largest absolute Gasteiger partial charge is 0.482 e. The molecule has 142 valence electrons. The molecule has 1 aliphatic rings. The third-order valence-electron chi connectivity index (χ3n) is 4.52. The van der Waals surface area contributed by atoms with Crippen LogP contribution in [-0.4, -0.2) is 23.0 Å². The smallest absolute Gasteiger partial charge is 0.262 e. The summed E-state index contributed by atoms with van der Waals surface area (Å²) in [4.78, 5) is 24.1. The van der Waals surface area contributed by atoms with E-state index in [9.17, 15) is 9.59 Å². The van der Waals surface area contributed by atoms with Crippen molar-refractivity contribution in [2.24, 2.45) is 0 Å². The van der Waals surface area contributed by atoms with Crippen LogP contribution in [0.4, 0.5) is 11.4 Å². The van der Waals surface area contributed by atoms with Crippen molar-refractivity contribution in [2.75, 3.05) is 17.2 Å². The van der Waals surface area contributed by atoms with Gasteiger partial charge in [0, 0.05) is 29.2 Å². The minimum atomic E-state index is -0.193. The molecular weight excluding hydrogens is 378 g/mol. The Morgan fingerprint density at radius 2 is 1.93 bits per heavy atom. The van der Waals surface area contributed by atoms with E-state index in [0.29, 0.717) is 22.1 Å². The number of rotatable bonds is 5. The van der Waals surface area contributed by atoms with Gasteiger partial charge in [-0.1, -0.05) is 23.7 Å². The van der Waals surface area contributed by atoms with Crippen LogP contribution in [0.15, 0.2) is 67.0 Å². The molecule has 0 saturated carbocycles. The predicted octanol–water partition coefficient (Wildman–Crippen LogP) is 4.09. The lowest BCUT2D eigenvalue weighted by Crippen LogP contribution is -2.25. The van der Waals surface area contributed by atoms with Crippen molar-refractivity contribution < 1.29 is 14.3 Å². The Morgan fingerprint density at radius 3 is 2.68 bits per heavy atom. The van der Waals surface area contributed by atoms with Gasteiger partial charge in [0.05, 0.1) is 18.2 Å². The molecule has 2 N–H and O–H groups in total. The van der Waals surface area contributed by atoms with E-state index in [0.717, 1.165) is 5.56 Å². The van der Waals surface area contributed by atoms with Gasteiger partial charge in [-0.15, -0.1) is 0 Å². The minimum absolute atomic E-state index is 0.0311. The number of aromatic nitrogens is 1. The molecule has 0 spiro atoms. The number of carbonyl (C=O) groups is 2. The monoisotopic (exact) mass is 395 g/mol. The van der Waals surface area contributed by atoms with E-state index in [-0.39, 0.29) is 30.9 Å². The van der Waals surface area contributed by atoms with Gasteiger partial charge in [-0.2, -0.15) is 0 Å². The van der Waals surface area contributed by atoms with Gasteiger partial charge in [-0.25, -0.2) is 0 Å². The maximum absolute atomic E-state index is 12.7. The van der Waals surface area contributed by atoms with Gasteiger partial charge >= 0.3 is 0 Å². The van der Waals surface area contributed by atoms with Gasteiger partial charge < -0.3 is 19.9 Å². The summed E-state index contributed by atoms with van der Waals surface area (Å²) in [6, 6.07) is 16.3. The normalized spacial score (nSPS) is 13.8. The number of benzene rings is 2. The SMILES string of the molecule is O=C(C[C@@H](c1ccc(Cl)cc1)n1cccc1)Nc1ccc2c(c1)OCC(=O)N2. The summed E-state index contributed by atoms with van der Waals surface area (Å²) >= 11 is 6.00. The van der Waals surface area contributed by atoms with E-state index in [2.05, 4.69) is 10.6 Å². The average Bonchev–Trinajstić information content (AvgIpc) is 3.21. The first-order valence-corrected chi connectivity index (χ1v) is 9.21. The molecule has 0 fully saturated rings. The summed E-state index contributed by atoms with van der Waals surface area (Å²) in [6.07, 6.45) is 4.12. The topological polar surface area (TPSA) is 72.4 Å². The molecule has 1 aliphatic heterocycles. The van der Waals surface area contributed by atoms with Crippen molar-refractivity contribution in [3.8, 4) is 5.75 Å². The van der Waals surface area contributed by atoms with Crippen LogP contribution in [-0.2, 0) is 9.59 Å². The Morgan fingerprint density at radius 1 is 1.18 bits per heavy atom. The molecule has 0 unspecified atom stereocenters. The van der Waals surface area contributed by atoms with Crippen LogP contribution in [0.5, 0.6) is 5.75 Å². The zero-order valence-electron chi connectivity index (χ0n) is 14.9. The second kappa shape index (κ2) is 7.78. The number of ether oxygens (including phenoxy) is 1. The van der Waals surface area contributed by atoms with Crippen molar-refractivity contribution in [3.05, 3.63) is 77.6 Å². The molecule has 4 rings (SSSR count). The van der Waals surface area contributed by atoms with Gasteiger partial charge in [0.2, 0.25) is 5.91 Å². The zero-order valence-corrected chi connectivity index (χ0v) is 15.6. The molecular formula is C21H18ClN3O3. The van der Waals surface area contributed by atoms with E-state index in [1.54, 1.807) is 18.2 Å². The number of halogens is 1. The van der Waals surface area contributed by atoms with Crippen molar-refractivity contribution in [2.45, 2.75) is 12.5 Å². The number of nitrogens with zero attached hydrogens (tertiary/aromatic N) is 1. The highest BCUT2D eigenvalue weighted by Gasteiger charge is 2.19. The van der Waals surface area contributed by atoms with Gasteiger partial charge in [0.1, 0.15) is 5.75 Å². The Hall–Kier alpha value is -3.25. The van der Waals surface area contributed by atoms with Crippen molar-refractivity contribution in [3.63, 3.8) is 0 Å². The summed E-state index contributed by atoms with van der Waals surface area (Å²) in [5.41, 5.74) is 2.20. The molecule has 3 aromatic rings. The van der Waals surface area contributed by atoms with Crippen LogP contribution >= 0.6 is 11.6 Å². The van der Waals surface area contributed by atoms with Crippen molar-refractivity contribution >= 4 is 34.8 Å². The summed E-state index contributed by atoms with van der Waals surface area (Å²) in [6.45, 7) is -0.0311. The zero-order chi connectivity index (χ0) is 19.5. The average molecular weight is 396 g/mol. The first kappa shape index (κ1) is 18.1. The van der Waals surface area contributed by atoms with Crippen molar-refractivity contribution in [1.29, 1.82) is 0 Å². The fourth-order valence-electron chi connectivity index (χ4n) is 3.18. The minimum Gasteiger partial charge on any atom is -0.482 e. The molecule has 7 heteroatoms. The summed E-state index contributed by atoms with van der Waals surface area (Å²) in [7, 11) is 0. The second-order valence-electron chi connectivity index (χ2n) is 6.50. The molecule has 28 heavy (non-hydrogen) atoms. The van der Waals surface area contributed by atoms with Crippen LogP contribution in [0.3, 0.4) is 0 Å². The standard InChI is InChI=1S/C21H18ClN3O3/c22-15-5-3-14(4-6-15)18(25-9-1-2-10-25)12-20(26)23-16-7-8-17-19(11-16)28-13-21(27)24-17/h1-11,18H,12-13H2,(H,23,26)(H,24,27)/t18-/m0/s1. The van der Waals surface area contributed by atoms with Gasteiger partial charge in [-0.05, 0) is 42.0 Å². The van der Waals surface area contributed by atoms with Crippen LogP contribution in [0.1, 0.15) is 18.0 Å². The molecule has 2 aromatic carbocycles. The molecule has 6 nitrogen and oxygen atoms in total. The first-order chi connectivity index (χ1) is 13.6. The van der Waals surface area contributed by atoms with Crippen molar-refractivity contribution in [1.82, 2.24) is 4.57 Å². The lowest BCUT2D eigenvalue weighted by molar-refractivity contribution is -0.119. The first-order valence-electron chi connectivity index (χ1n) is 8.83. The third-order valence-corrected chi connectivity index (χ3v) is 4.77. The lowest BCUT2D eigenvalue weighted by atomic mass is 10.0. The number of anilines is 2. The Labute approximate surface area is 167 Å². The molecule has 0 aliphatic carbocycles. The number of hydrogen-bond donors (Lipinski definition) is 2. The summed E-state index contributed by atoms with van der Waals surface area (Å²) in [5, 5.41) is 6.29. The summed E-state index contributed by atoms with van der Waals surface area (Å²) in [5.74, 6) is 0.215. The number of fused-ring (bicyclic) bond motifs is 1. The van der Waals surface area contributed by atoms with E-state index < -0.39 is 0 Å². The summed E-state index contributed by atoms with van der Waals surface area (Å²) < 4.78 is 7.39. The van der Waals surface area contributed by atoms with Gasteiger partial charge in [0.15, 0.2) is 6.61 Å². The van der Waals surface area contributed by atoms with E-state index in [1.807, 2.05) is 53.4 Å². The van der Waals surface area contributed by atoms with E-state index in [4.69, 9.17) is 16.3 Å². The Balaban J connectivity index is 1.50. The molecule has 0 radical (unpaired) electrons. The molecule has 1 aromatic heterocycles. The predicted molar refractivity (Wildman–Crippen MR) is 108 cm³/mol. The van der Waals surface area contributed by atoms with Crippen LogP contribution in [0.25, 0.3) is 0 Å². The second-order valence-corrected chi connectivity index (χ2v) is 6.93. The van der Waals surface area contributed by atoms with Crippen LogP contribution in [0, 0.1) is 0 Å². The fourth-order valence-corrected chi connectivity index (χ4v) is 3.30. The lowest BCUT2D eigenvalue weighted by Gasteiger charge is -2.21. The Bertz CT molecular complexity index is 1000. The molecule has 2 amide bonds. The highest BCUT2D eigenvalue weighted by Crippen LogP contribution is 2.31. The van der Waals surface area contributed by atoms with Gasteiger partial charge in [0.25, 0.3) is 5.91 Å². The van der Waals surface area contributed by atoms with Crippen LogP contribution in [0.2, 0.25) is 5.02 Å². The number of nitrogens with one attached hydrogen (secondary N) is 2. The molecule has 2 heterocycles. The highest BCUT2D eigenvalue weighted by molar-refractivity contribution is 6.30. The maximum Gasteiger partial charge on any atom is 0.262 e. The Kier molecular flexibility index (Phi) is 5.04. The quantitative estimate of drug-likeness (QED) is 0.683. The number of carbonyl (C=O) groups excluding carboxylic acids is 2. The molecule has 0 bridgehead atoms. The third kappa shape index (κ3) is 4.02. The van der Waals surface area contributed by atoms with E-state index >= 15 is 0 Å².